The molecule has 1 N–H and O–H groups in total. The van der Waals surface area contributed by atoms with Crippen LogP contribution in [0.25, 0.3) is 0 Å². The number of hydrogen-bond acceptors (Lipinski definition) is 2. The predicted octanol–water partition coefficient (Wildman–Crippen LogP) is 3.29. The molecule has 16 heavy (non-hydrogen) atoms. The number of nitrogens with zero attached hydrogens (tertiary/aromatic N) is 2. The zero-order chi connectivity index (χ0) is 11.5. The van der Waals surface area contributed by atoms with Crippen molar-refractivity contribution in [1.29, 1.82) is 0 Å². The van der Waals surface area contributed by atoms with E-state index in [1.165, 1.54) is 3.57 Å². The summed E-state index contributed by atoms with van der Waals surface area (Å²) in [6.07, 6.45) is 1.66. The van der Waals surface area contributed by atoms with Crippen LogP contribution in [0.15, 0.2) is 30.5 Å². The monoisotopic (exact) mass is 347 g/mol. The van der Waals surface area contributed by atoms with Gasteiger partial charge in [-0.25, -0.2) is 4.98 Å². The third-order valence-electron chi connectivity index (χ3n) is 2.30. The van der Waals surface area contributed by atoms with Gasteiger partial charge in [-0.1, -0.05) is 17.7 Å². The molecule has 84 valence electrons. The molecular formula is C11H11ClIN3. The Morgan fingerprint density at radius 3 is 2.94 bits per heavy atom. The summed E-state index contributed by atoms with van der Waals surface area (Å²) in [6.45, 7) is 0.670. The van der Waals surface area contributed by atoms with Crippen molar-refractivity contribution in [2.24, 2.45) is 7.05 Å². The lowest BCUT2D eigenvalue weighted by Gasteiger charge is -2.06. The third-order valence-corrected chi connectivity index (χ3v) is 3.33. The van der Waals surface area contributed by atoms with E-state index in [2.05, 4.69) is 45.0 Å². The number of aromatic nitrogens is 2. The van der Waals surface area contributed by atoms with Crippen LogP contribution in [0.4, 0.5) is 5.69 Å². The molecule has 0 aliphatic rings. The molecule has 0 atom stereocenters. The van der Waals surface area contributed by atoms with Crippen molar-refractivity contribution in [3.8, 4) is 0 Å². The number of nitrogens with one attached hydrogen (secondary N) is 1. The van der Waals surface area contributed by atoms with Crippen LogP contribution in [0.2, 0.25) is 5.15 Å². The van der Waals surface area contributed by atoms with Gasteiger partial charge in [0.1, 0.15) is 11.0 Å². The standard InChI is InChI=1S/C11H11ClIN3/c1-16-10(12)6-15-11(16)7-14-9-4-2-3-8(13)5-9/h2-6,14H,7H2,1H3. The summed E-state index contributed by atoms with van der Waals surface area (Å²) >= 11 is 8.20. The Morgan fingerprint density at radius 2 is 2.31 bits per heavy atom. The number of anilines is 1. The first-order valence-corrected chi connectivity index (χ1v) is 6.28. The molecule has 0 fully saturated rings. The topological polar surface area (TPSA) is 29.9 Å². The maximum absolute atomic E-state index is 5.91. The first-order valence-electron chi connectivity index (χ1n) is 4.82. The van der Waals surface area contributed by atoms with Crippen molar-refractivity contribution < 1.29 is 0 Å². The molecule has 0 aliphatic carbocycles. The number of benzene rings is 1. The van der Waals surface area contributed by atoms with Gasteiger partial charge in [-0.15, -0.1) is 0 Å². The highest BCUT2D eigenvalue weighted by atomic mass is 127. The van der Waals surface area contributed by atoms with Crippen molar-refractivity contribution in [3.63, 3.8) is 0 Å². The zero-order valence-corrected chi connectivity index (χ0v) is 11.7. The van der Waals surface area contributed by atoms with Crippen LogP contribution < -0.4 is 5.32 Å². The van der Waals surface area contributed by atoms with E-state index in [0.29, 0.717) is 11.7 Å². The average Bonchev–Trinajstić information content (AvgIpc) is 2.57. The van der Waals surface area contributed by atoms with Crippen LogP contribution in [0, 0.1) is 3.57 Å². The molecule has 2 rings (SSSR count). The lowest BCUT2D eigenvalue weighted by Crippen LogP contribution is -2.06. The fraction of sp³-hybridized carbons (Fsp3) is 0.182. The van der Waals surface area contributed by atoms with E-state index in [0.717, 1.165) is 11.5 Å². The molecule has 1 aromatic carbocycles. The van der Waals surface area contributed by atoms with Crippen LogP contribution in [0.5, 0.6) is 0 Å². The summed E-state index contributed by atoms with van der Waals surface area (Å²) < 4.78 is 3.07. The molecule has 0 spiro atoms. The summed E-state index contributed by atoms with van der Waals surface area (Å²) in [6, 6.07) is 8.21. The number of hydrogen-bond donors (Lipinski definition) is 1. The van der Waals surface area contributed by atoms with Crippen LogP contribution in [-0.4, -0.2) is 9.55 Å². The van der Waals surface area contributed by atoms with E-state index in [1.807, 2.05) is 23.7 Å². The number of halogens is 2. The summed E-state index contributed by atoms with van der Waals surface area (Å²) in [7, 11) is 1.90. The Kier molecular flexibility index (Phi) is 3.70. The highest BCUT2D eigenvalue weighted by Crippen LogP contribution is 2.14. The van der Waals surface area contributed by atoms with Crippen LogP contribution in [0.3, 0.4) is 0 Å². The molecule has 2 aromatic rings. The molecule has 0 saturated carbocycles. The van der Waals surface area contributed by atoms with Crippen molar-refractivity contribution in [3.05, 3.63) is 45.0 Å². The highest BCUT2D eigenvalue weighted by Gasteiger charge is 2.03. The molecule has 0 unspecified atom stereocenters. The normalized spacial score (nSPS) is 10.4. The fourth-order valence-corrected chi connectivity index (χ4v) is 2.06. The van der Waals surface area contributed by atoms with Gasteiger partial charge < -0.3 is 9.88 Å². The Hall–Kier alpha value is -0.750. The van der Waals surface area contributed by atoms with E-state index >= 15 is 0 Å². The van der Waals surface area contributed by atoms with Crippen molar-refractivity contribution in [2.75, 3.05) is 5.32 Å². The van der Waals surface area contributed by atoms with Gasteiger partial charge in [-0.2, -0.15) is 0 Å². The van der Waals surface area contributed by atoms with Gasteiger partial charge in [-0.05, 0) is 40.8 Å². The maximum Gasteiger partial charge on any atom is 0.128 e. The van der Waals surface area contributed by atoms with Crippen LogP contribution >= 0.6 is 34.2 Å². The molecule has 3 nitrogen and oxygen atoms in total. The first-order chi connectivity index (χ1) is 7.66. The molecule has 1 aromatic heterocycles. The van der Waals surface area contributed by atoms with Crippen molar-refractivity contribution >= 4 is 39.9 Å². The van der Waals surface area contributed by atoms with Gasteiger partial charge >= 0.3 is 0 Å². The van der Waals surface area contributed by atoms with Gasteiger partial charge in [0.05, 0.1) is 12.7 Å². The summed E-state index contributed by atoms with van der Waals surface area (Å²) in [5.41, 5.74) is 1.09. The summed E-state index contributed by atoms with van der Waals surface area (Å²) in [4.78, 5) is 4.22. The SMILES string of the molecule is Cn1c(Cl)cnc1CNc1cccc(I)c1. The lowest BCUT2D eigenvalue weighted by atomic mass is 10.3. The minimum atomic E-state index is 0.652. The molecule has 0 amide bonds. The number of imidazole rings is 1. The van der Waals surface area contributed by atoms with Gasteiger partial charge in [-0.3, -0.25) is 0 Å². The van der Waals surface area contributed by atoms with E-state index in [-0.39, 0.29) is 0 Å². The summed E-state index contributed by atoms with van der Waals surface area (Å²) in [5, 5.41) is 3.96. The zero-order valence-electron chi connectivity index (χ0n) is 8.74. The molecule has 0 saturated heterocycles. The first kappa shape index (κ1) is 11.7. The lowest BCUT2D eigenvalue weighted by molar-refractivity contribution is 0.813. The largest absolute Gasteiger partial charge is 0.378 e. The van der Waals surface area contributed by atoms with Crippen LogP contribution in [0.1, 0.15) is 5.82 Å². The second-order valence-electron chi connectivity index (χ2n) is 3.42. The predicted molar refractivity (Wildman–Crippen MR) is 74.7 cm³/mol. The Balaban J connectivity index is 2.05. The van der Waals surface area contributed by atoms with Gasteiger partial charge in [0, 0.05) is 16.3 Å². The summed E-state index contributed by atoms with van der Waals surface area (Å²) in [5.74, 6) is 0.920. The van der Waals surface area contributed by atoms with E-state index in [9.17, 15) is 0 Å². The highest BCUT2D eigenvalue weighted by molar-refractivity contribution is 14.1. The third kappa shape index (κ3) is 2.68. The minimum Gasteiger partial charge on any atom is -0.378 e. The molecule has 0 radical (unpaired) electrons. The van der Waals surface area contributed by atoms with Crippen LogP contribution in [-0.2, 0) is 13.6 Å². The smallest absolute Gasteiger partial charge is 0.128 e. The van der Waals surface area contributed by atoms with E-state index in [4.69, 9.17) is 11.6 Å². The number of rotatable bonds is 3. The minimum absolute atomic E-state index is 0.652. The molecule has 1 heterocycles. The van der Waals surface area contributed by atoms with Crippen molar-refractivity contribution in [2.45, 2.75) is 6.54 Å². The molecule has 0 aliphatic heterocycles. The van der Waals surface area contributed by atoms with Gasteiger partial charge in [0.2, 0.25) is 0 Å². The molecule has 5 heteroatoms. The fourth-order valence-electron chi connectivity index (χ4n) is 1.37. The van der Waals surface area contributed by atoms with E-state index < -0.39 is 0 Å². The van der Waals surface area contributed by atoms with E-state index in [1.54, 1.807) is 6.20 Å². The quantitative estimate of drug-likeness (QED) is 0.864. The van der Waals surface area contributed by atoms with Crippen molar-refractivity contribution in [1.82, 2.24) is 9.55 Å². The van der Waals surface area contributed by atoms with Gasteiger partial charge in [0.15, 0.2) is 0 Å². The maximum atomic E-state index is 5.91. The Labute approximate surface area is 113 Å². The van der Waals surface area contributed by atoms with Gasteiger partial charge in [0.25, 0.3) is 0 Å². The average molecular weight is 348 g/mol. The Morgan fingerprint density at radius 1 is 1.50 bits per heavy atom. The molecular weight excluding hydrogens is 336 g/mol. The second kappa shape index (κ2) is 5.05. The molecule has 0 bridgehead atoms. The Bertz CT molecular complexity index is 496. The second-order valence-corrected chi connectivity index (χ2v) is 5.05.